The Morgan fingerprint density at radius 3 is 2.33 bits per heavy atom. The van der Waals surface area contributed by atoms with E-state index in [1.165, 1.54) is 41.2 Å². The summed E-state index contributed by atoms with van der Waals surface area (Å²) in [7, 11) is 0. The van der Waals surface area contributed by atoms with Gasteiger partial charge in [-0.05, 0) is 35.2 Å². The molecule has 1 heteroatoms. The van der Waals surface area contributed by atoms with Gasteiger partial charge in [-0.25, -0.2) is 0 Å². The highest BCUT2D eigenvalue weighted by atomic mass is 14.9. The normalized spacial score (nSPS) is 13.8. The molecule has 0 unspecified atom stereocenters. The lowest BCUT2D eigenvalue weighted by molar-refractivity contribution is 0.433. The standard InChI is InChI=1S/C23H27N/c1-3-4-17-23(20-12-6-5-7-13-20)24-18(2)21-16-10-14-19-11-8-9-15-22(19)21/h5-16,18,23-24H,3-4,17H2,1-2H3/t18-,23-/m1/s1. The van der Waals surface area contributed by atoms with E-state index in [1.807, 2.05) is 0 Å². The summed E-state index contributed by atoms with van der Waals surface area (Å²) in [6.07, 6.45) is 3.65. The molecule has 0 bridgehead atoms. The van der Waals surface area contributed by atoms with Gasteiger partial charge < -0.3 is 5.32 Å². The SMILES string of the molecule is CCCC[C@@H](N[C@H](C)c1cccc2ccccc12)c1ccccc1. The fourth-order valence-corrected chi connectivity index (χ4v) is 3.46. The molecule has 0 aromatic heterocycles. The van der Waals surface area contributed by atoms with E-state index in [2.05, 4.69) is 92.0 Å². The average Bonchev–Trinajstić information content (AvgIpc) is 2.65. The summed E-state index contributed by atoms with van der Waals surface area (Å²) >= 11 is 0. The maximum Gasteiger partial charge on any atom is 0.0325 e. The number of fused-ring (bicyclic) bond motifs is 1. The van der Waals surface area contributed by atoms with Crippen LogP contribution in [0.5, 0.6) is 0 Å². The highest BCUT2D eigenvalue weighted by molar-refractivity contribution is 5.86. The molecule has 3 aromatic carbocycles. The van der Waals surface area contributed by atoms with Crippen LogP contribution in [0.25, 0.3) is 10.8 Å². The predicted molar refractivity (Wildman–Crippen MR) is 104 cm³/mol. The second kappa shape index (κ2) is 8.12. The molecule has 0 saturated heterocycles. The van der Waals surface area contributed by atoms with Gasteiger partial charge in [-0.1, -0.05) is 92.6 Å². The van der Waals surface area contributed by atoms with Gasteiger partial charge in [0.25, 0.3) is 0 Å². The molecule has 0 aliphatic heterocycles. The Hall–Kier alpha value is -2.12. The summed E-state index contributed by atoms with van der Waals surface area (Å²) in [4.78, 5) is 0. The first-order chi connectivity index (χ1) is 11.8. The van der Waals surface area contributed by atoms with E-state index in [1.54, 1.807) is 0 Å². The quantitative estimate of drug-likeness (QED) is 0.530. The Kier molecular flexibility index (Phi) is 5.66. The summed E-state index contributed by atoms with van der Waals surface area (Å²) in [6.45, 7) is 4.54. The van der Waals surface area contributed by atoms with Crippen LogP contribution in [0.3, 0.4) is 0 Å². The molecule has 3 rings (SSSR count). The van der Waals surface area contributed by atoms with Gasteiger partial charge in [-0.2, -0.15) is 0 Å². The monoisotopic (exact) mass is 317 g/mol. The van der Waals surface area contributed by atoms with Crippen molar-refractivity contribution in [1.29, 1.82) is 0 Å². The minimum atomic E-state index is 0.318. The van der Waals surface area contributed by atoms with Crippen LogP contribution in [0.4, 0.5) is 0 Å². The van der Waals surface area contributed by atoms with Crippen LogP contribution >= 0.6 is 0 Å². The van der Waals surface area contributed by atoms with Gasteiger partial charge in [0.15, 0.2) is 0 Å². The molecule has 0 saturated carbocycles. The first-order valence-corrected chi connectivity index (χ1v) is 9.08. The Morgan fingerprint density at radius 1 is 0.833 bits per heavy atom. The Labute approximate surface area is 145 Å². The number of rotatable bonds is 7. The molecule has 24 heavy (non-hydrogen) atoms. The molecular formula is C23H27N. The van der Waals surface area contributed by atoms with Crippen molar-refractivity contribution in [3.05, 3.63) is 83.9 Å². The predicted octanol–water partition coefficient (Wildman–Crippen LogP) is 6.42. The lowest BCUT2D eigenvalue weighted by Crippen LogP contribution is -2.25. The van der Waals surface area contributed by atoms with Crippen LogP contribution in [0, 0.1) is 0 Å². The molecule has 1 nitrogen and oxygen atoms in total. The smallest absolute Gasteiger partial charge is 0.0325 e. The third-order valence-electron chi connectivity index (χ3n) is 4.79. The van der Waals surface area contributed by atoms with Crippen LogP contribution in [0.15, 0.2) is 72.8 Å². The second-order valence-corrected chi connectivity index (χ2v) is 6.56. The van der Waals surface area contributed by atoms with Gasteiger partial charge >= 0.3 is 0 Å². The van der Waals surface area contributed by atoms with Crippen molar-refractivity contribution in [2.24, 2.45) is 0 Å². The van der Waals surface area contributed by atoms with E-state index >= 15 is 0 Å². The summed E-state index contributed by atoms with van der Waals surface area (Å²) in [5.74, 6) is 0. The molecule has 124 valence electrons. The van der Waals surface area contributed by atoms with Crippen LogP contribution in [0.2, 0.25) is 0 Å². The van der Waals surface area contributed by atoms with E-state index in [4.69, 9.17) is 0 Å². The third-order valence-corrected chi connectivity index (χ3v) is 4.79. The first-order valence-electron chi connectivity index (χ1n) is 9.08. The maximum absolute atomic E-state index is 3.88. The van der Waals surface area contributed by atoms with Crippen LogP contribution in [-0.2, 0) is 0 Å². The van der Waals surface area contributed by atoms with Crippen molar-refractivity contribution in [1.82, 2.24) is 5.32 Å². The molecule has 0 fully saturated rings. The zero-order chi connectivity index (χ0) is 16.8. The largest absolute Gasteiger partial charge is 0.303 e. The zero-order valence-electron chi connectivity index (χ0n) is 14.7. The third kappa shape index (κ3) is 3.85. The van der Waals surface area contributed by atoms with E-state index in [0.29, 0.717) is 12.1 Å². The molecule has 2 atom stereocenters. The average molecular weight is 317 g/mol. The van der Waals surface area contributed by atoms with Gasteiger partial charge in [-0.3, -0.25) is 0 Å². The van der Waals surface area contributed by atoms with E-state index in [-0.39, 0.29) is 0 Å². The molecular weight excluding hydrogens is 290 g/mol. The topological polar surface area (TPSA) is 12.0 Å². The second-order valence-electron chi connectivity index (χ2n) is 6.56. The molecule has 0 aliphatic rings. The Balaban J connectivity index is 1.85. The number of nitrogens with one attached hydrogen (secondary N) is 1. The molecule has 0 radical (unpaired) electrons. The fraction of sp³-hybridized carbons (Fsp3) is 0.304. The van der Waals surface area contributed by atoms with Crippen LogP contribution in [0.1, 0.15) is 56.3 Å². The van der Waals surface area contributed by atoms with Crippen molar-refractivity contribution < 1.29 is 0 Å². The molecule has 1 N–H and O–H groups in total. The van der Waals surface area contributed by atoms with E-state index < -0.39 is 0 Å². The minimum Gasteiger partial charge on any atom is -0.303 e. The molecule has 3 aromatic rings. The summed E-state index contributed by atoms with van der Waals surface area (Å²) in [5, 5.41) is 6.54. The zero-order valence-corrected chi connectivity index (χ0v) is 14.7. The van der Waals surface area contributed by atoms with Crippen molar-refractivity contribution in [2.75, 3.05) is 0 Å². The van der Waals surface area contributed by atoms with Gasteiger partial charge in [0.05, 0.1) is 0 Å². The fourth-order valence-electron chi connectivity index (χ4n) is 3.46. The number of hydrogen-bond donors (Lipinski definition) is 1. The van der Waals surface area contributed by atoms with Crippen LogP contribution < -0.4 is 5.32 Å². The van der Waals surface area contributed by atoms with Crippen molar-refractivity contribution in [3.63, 3.8) is 0 Å². The highest BCUT2D eigenvalue weighted by Gasteiger charge is 2.16. The summed E-state index contributed by atoms with van der Waals surface area (Å²) < 4.78 is 0. The maximum atomic E-state index is 3.88. The molecule has 0 amide bonds. The van der Waals surface area contributed by atoms with E-state index in [0.717, 1.165) is 0 Å². The van der Waals surface area contributed by atoms with Gasteiger partial charge in [0, 0.05) is 12.1 Å². The Bertz CT molecular complexity index is 758. The van der Waals surface area contributed by atoms with Gasteiger partial charge in [0.1, 0.15) is 0 Å². The molecule has 0 spiro atoms. The highest BCUT2D eigenvalue weighted by Crippen LogP contribution is 2.28. The lowest BCUT2D eigenvalue weighted by Gasteiger charge is -2.25. The summed E-state index contributed by atoms with van der Waals surface area (Å²) in [6, 6.07) is 26.8. The van der Waals surface area contributed by atoms with Crippen molar-refractivity contribution in [2.45, 2.75) is 45.2 Å². The first kappa shape index (κ1) is 16.7. The number of hydrogen-bond acceptors (Lipinski definition) is 1. The molecule has 0 aliphatic carbocycles. The molecule has 0 heterocycles. The van der Waals surface area contributed by atoms with E-state index in [9.17, 15) is 0 Å². The van der Waals surface area contributed by atoms with Gasteiger partial charge in [0.2, 0.25) is 0 Å². The Morgan fingerprint density at radius 2 is 1.54 bits per heavy atom. The van der Waals surface area contributed by atoms with Crippen molar-refractivity contribution >= 4 is 10.8 Å². The van der Waals surface area contributed by atoms with Crippen molar-refractivity contribution in [3.8, 4) is 0 Å². The number of unbranched alkanes of at least 4 members (excludes halogenated alkanes) is 1. The van der Waals surface area contributed by atoms with Gasteiger partial charge in [-0.15, -0.1) is 0 Å². The van der Waals surface area contributed by atoms with Crippen LogP contribution in [-0.4, -0.2) is 0 Å². The number of benzene rings is 3. The lowest BCUT2D eigenvalue weighted by atomic mass is 9.96. The summed E-state index contributed by atoms with van der Waals surface area (Å²) in [5.41, 5.74) is 2.77. The minimum absolute atomic E-state index is 0.318.